The first kappa shape index (κ1) is 29.6. The quantitative estimate of drug-likeness (QED) is 0.266. The van der Waals surface area contributed by atoms with Gasteiger partial charge in [0.05, 0.1) is 17.3 Å². The standard InChI is InChI=1S/C30H34N4O7/c1-20(2)40-28(36)33-30(11-15-39-16-12-30)27(35)32-24(19-31)17-21-5-7-22(8-6-21)23-9-10-26-25(18-23)34(29(37)41-26)13-4-14-38-3/h5-10,18,24H,1,4,11-17H2,2-3H3,(H,32,35)(H,33,36)/t24-/m0/s1. The summed E-state index contributed by atoms with van der Waals surface area (Å²) in [5.41, 5.74) is 2.65. The molecular formula is C30H34N4O7. The van der Waals surface area contributed by atoms with E-state index in [4.69, 9.17) is 18.6 Å². The van der Waals surface area contributed by atoms with Crippen LogP contribution in [0.3, 0.4) is 0 Å². The highest BCUT2D eigenvalue weighted by molar-refractivity contribution is 5.90. The molecule has 0 aliphatic carbocycles. The minimum atomic E-state index is -1.25. The first-order chi connectivity index (χ1) is 19.7. The zero-order chi connectivity index (χ0) is 29.4. The zero-order valence-corrected chi connectivity index (χ0v) is 23.2. The second kappa shape index (κ2) is 13.3. The molecule has 0 bridgehead atoms. The summed E-state index contributed by atoms with van der Waals surface area (Å²) in [7, 11) is 1.62. The van der Waals surface area contributed by atoms with E-state index in [1.165, 1.54) is 6.92 Å². The van der Waals surface area contributed by atoms with E-state index in [-0.39, 0.29) is 38.2 Å². The van der Waals surface area contributed by atoms with E-state index in [0.29, 0.717) is 30.7 Å². The molecule has 2 heterocycles. The van der Waals surface area contributed by atoms with Crippen molar-refractivity contribution in [3.8, 4) is 17.2 Å². The van der Waals surface area contributed by atoms with Crippen LogP contribution in [0.4, 0.5) is 4.79 Å². The number of carbonyl (C=O) groups is 2. The smallest absolute Gasteiger partial charge is 0.416 e. The summed E-state index contributed by atoms with van der Waals surface area (Å²) in [6.07, 6.45) is 0.672. The molecule has 0 unspecified atom stereocenters. The molecule has 0 saturated carbocycles. The summed E-state index contributed by atoms with van der Waals surface area (Å²) >= 11 is 0. The van der Waals surface area contributed by atoms with Crippen LogP contribution in [0.25, 0.3) is 22.2 Å². The fraction of sp³-hybridized carbons (Fsp3) is 0.400. The molecule has 1 aliphatic rings. The fourth-order valence-corrected chi connectivity index (χ4v) is 4.82. The molecule has 0 radical (unpaired) electrons. The highest BCUT2D eigenvalue weighted by atomic mass is 16.6. The molecule has 11 heteroatoms. The summed E-state index contributed by atoms with van der Waals surface area (Å²) < 4.78 is 22.5. The van der Waals surface area contributed by atoms with Gasteiger partial charge < -0.3 is 29.3 Å². The Bertz CT molecular complexity index is 1490. The Morgan fingerprint density at radius 2 is 1.88 bits per heavy atom. The Kier molecular flexibility index (Phi) is 9.60. The largest absolute Gasteiger partial charge is 0.419 e. The second-order valence-corrected chi connectivity index (χ2v) is 10.0. The molecule has 1 atom stereocenters. The molecule has 1 saturated heterocycles. The number of ether oxygens (including phenoxy) is 3. The Labute approximate surface area is 237 Å². The van der Waals surface area contributed by atoms with Crippen LogP contribution in [0.2, 0.25) is 0 Å². The molecule has 41 heavy (non-hydrogen) atoms. The molecule has 11 nitrogen and oxygen atoms in total. The molecule has 2 aromatic carbocycles. The third kappa shape index (κ3) is 7.22. The minimum Gasteiger partial charge on any atom is -0.416 e. The lowest BCUT2D eigenvalue weighted by molar-refractivity contribution is -0.131. The summed E-state index contributed by atoms with van der Waals surface area (Å²) in [6.45, 7) is 6.68. The van der Waals surface area contributed by atoms with Gasteiger partial charge in [0, 0.05) is 52.7 Å². The number of nitrogens with zero attached hydrogens (tertiary/aromatic N) is 2. The Hall–Kier alpha value is -4.40. The number of benzene rings is 2. The Morgan fingerprint density at radius 1 is 1.17 bits per heavy atom. The molecule has 1 fully saturated rings. The number of methoxy groups -OCH3 is 1. The molecule has 4 rings (SSSR count). The predicted octanol–water partition coefficient (Wildman–Crippen LogP) is 3.66. The van der Waals surface area contributed by atoms with Crippen LogP contribution >= 0.6 is 0 Å². The molecule has 3 aromatic rings. The van der Waals surface area contributed by atoms with Crippen molar-refractivity contribution in [2.45, 2.75) is 50.7 Å². The second-order valence-electron chi connectivity index (χ2n) is 10.0. The molecular weight excluding hydrogens is 528 g/mol. The lowest BCUT2D eigenvalue weighted by Crippen LogP contribution is -2.62. The molecule has 216 valence electrons. The minimum absolute atomic E-state index is 0.199. The average Bonchev–Trinajstić information content (AvgIpc) is 3.27. The number of hydrogen-bond acceptors (Lipinski definition) is 8. The third-order valence-electron chi connectivity index (χ3n) is 6.98. The molecule has 0 spiro atoms. The van der Waals surface area contributed by atoms with Gasteiger partial charge in [0.15, 0.2) is 5.58 Å². The number of carbonyl (C=O) groups excluding carboxylic acids is 2. The van der Waals surface area contributed by atoms with E-state index in [2.05, 4.69) is 23.3 Å². The first-order valence-corrected chi connectivity index (χ1v) is 13.4. The lowest BCUT2D eigenvalue weighted by atomic mass is 9.88. The Balaban J connectivity index is 1.45. The van der Waals surface area contributed by atoms with Crippen molar-refractivity contribution in [1.29, 1.82) is 5.26 Å². The number of amides is 2. The predicted molar refractivity (Wildman–Crippen MR) is 151 cm³/mol. The number of aryl methyl sites for hydroxylation is 1. The number of alkyl carbamates (subject to hydrolysis) is 1. The van der Waals surface area contributed by atoms with Gasteiger partial charge in [-0.1, -0.05) is 36.9 Å². The number of hydrogen-bond donors (Lipinski definition) is 2. The van der Waals surface area contributed by atoms with Crippen molar-refractivity contribution in [1.82, 2.24) is 15.2 Å². The maximum atomic E-state index is 13.3. The van der Waals surface area contributed by atoms with E-state index < -0.39 is 29.3 Å². The van der Waals surface area contributed by atoms with Gasteiger partial charge in [-0.25, -0.2) is 9.59 Å². The highest BCUT2D eigenvalue weighted by Gasteiger charge is 2.42. The van der Waals surface area contributed by atoms with Crippen LogP contribution in [0.5, 0.6) is 0 Å². The number of nitrogens with one attached hydrogen (secondary N) is 2. The SMILES string of the molecule is C=C(C)OC(=O)NC1(C(=O)N[C@H](C#N)Cc2ccc(-c3ccc4oc(=O)n(CCCOC)c4c3)cc2)CCOCC1. The van der Waals surface area contributed by atoms with Gasteiger partial charge in [-0.05, 0) is 42.2 Å². The number of aromatic nitrogens is 1. The van der Waals surface area contributed by atoms with Crippen molar-refractivity contribution < 1.29 is 28.2 Å². The molecule has 1 aromatic heterocycles. The first-order valence-electron chi connectivity index (χ1n) is 13.4. The van der Waals surface area contributed by atoms with Crippen LogP contribution in [0.1, 0.15) is 31.7 Å². The maximum Gasteiger partial charge on any atom is 0.419 e. The van der Waals surface area contributed by atoms with Gasteiger partial charge >= 0.3 is 11.8 Å². The fourth-order valence-electron chi connectivity index (χ4n) is 4.82. The number of nitriles is 1. The summed E-state index contributed by atoms with van der Waals surface area (Å²) in [5, 5.41) is 15.2. The average molecular weight is 563 g/mol. The summed E-state index contributed by atoms with van der Waals surface area (Å²) in [6, 6.07) is 14.5. The van der Waals surface area contributed by atoms with Crippen molar-refractivity contribution in [2.24, 2.45) is 0 Å². The van der Waals surface area contributed by atoms with Crippen LogP contribution in [0.15, 0.2) is 64.0 Å². The van der Waals surface area contributed by atoms with Crippen molar-refractivity contribution >= 4 is 23.1 Å². The molecule has 2 amide bonds. The number of rotatable bonds is 11. The third-order valence-corrected chi connectivity index (χ3v) is 6.98. The Morgan fingerprint density at radius 3 is 2.54 bits per heavy atom. The van der Waals surface area contributed by atoms with Gasteiger partial charge in [-0.2, -0.15) is 5.26 Å². The number of fused-ring (bicyclic) bond motifs is 1. The number of oxazole rings is 1. The van der Waals surface area contributed by atoms with E-state index in [1.807, 2.05) is 36.4 Å². The van der Waals surface area contributed by atoms with Crippen molar-refractivity contribution in [2.75, 3.05) is 26.9 Å². The van der Waals surface area contributed by atoms with E-state index in [0.717, 1.165) is 16.7 Å². The summed E-state index contributed by atoms with van der Waals surface area (Å²) in [4.78, 5) is 37.9. The van der Waals surface area contributed by atoms with Gasteiger partial charge in [-0.15, -0.1) is 0 Å². The van der Waals surface area contributed by atoms with Crippen molar-refractivity contribution in [3.63, 3.8) is 0 Å². The topological polar surface area (TPSA) is 145 Å². The van der Waals surface area contributed by atoms with E-state index >= 15 is 0 Å². The highest BCUT2D eigenvalue weighted by Crippen LogP contribution is 2.26. The van der Waals surface area contributed by atoms with Crippen LogP contribution in [-0.4, -0.2) is 55.1 Å². The van der Waals surface area contributed by atoms with Crippen LogP contribution in [-0.2, 0) is 32.0 Å². The normalized spacial score (nSPS) is 15.0. The maximum absolute atomic E-state index is 13.3. The van der Waals surface area contributed by atoms with Gasteiger partial charge in [0.25, 0.3) is 0 Å². The van der Waals surface area contributed by atoms with Gasteiger partial charge in [-0.3, -0.25) is 9.36 Å². The molecule has 2 N–H and O–H groups in total. The van der Waals surface area contributed by atoms with Gasteiger partial charge in [0.2, 0.25) is 5.91 Å². The summed E-state index contributed by atoms with van der Waals surface area (Å²) in [5.74, 6) is -0.671. The van der Waals surface area contributed by atoms with Crippen molar-refractivity contribution in [3.05, 3.63) is 70.9 Å². The van der Waals surface area contributed by atoms with Gasteiger partial charge in [0.1, 0.15) is 11.6 Å². The van der Waals surface area contributed by atoms with E-state index in [1.54, 1.807) is 17.7 Å². The van der Waals surface area contributed by atoms with Crippen LogP contribution in [0, 0.1) is 11.3 Å². The number of allylic oxidation sites excluding steroid dienone is 1. The van der Waals surface area contributed by atoms with Crippen LogP contribution < -0.4 is 16.4 Å². The van der Waals surface area contributed by atoms with E-state index in [9.17, 15) is 19.6 Å². The monoisotopic (exact) mass is 562 g/mol. The zero-order valence-electron chi connectivity index (χ0n) is 23.2. The molecule has 1 aliphatic heterocycles. The lowest BCUT2D eigenvalue weighted by Gasteiger charge is -2.36.